The van der Waals surface area contributed by atoms with Gasteiger partial charge in [-0.15, -0.1) is 0 Å². The highest BCUT2D eigenvalue weighted by Gasteiger charge is 2.29. The second-order valence-corrected chi connectivity index (χ2v) is 7.69. The van der Waals surface area contributed by atoms with Gasteiger partial charge in [-0.05, 0) is 24.1 Å². The van der Waals surface area contributed by atoms with Gasteiger partial charge >= 0.3 is 0 Å². The summed E-state index contributed by atoms with van der Waals surface area (Å²) in [6, 6.07) is 9.53. The summed E-state index contributed by atoms with van der Waals surface area (Å²) in [7, 11) is 1.64. The molecular formula is C19H26N2O3. The highest BCUT2D eigenvalue weighted by molar-refractivity contribution is 5.94. The van der Waals surface area contributed by atoms with Crippen molar-refractivity contribution in [2.45, 2.75) is 46.5 Å². The second-order valence-electron chi connectivity index (χ2n) is 7.69. The van der Waals surface area contributed by atoms with Crippen molar-refractivity contribution >= 4 is 11.7 Å². The molecule has 2 aromatic rings. The van der Waals surface area contributed by atoms with Gasteiger partial charge in [0, 0.05) is 16.9 Å². The van der Waals surface area contributed by atoms with Crippen molar-refractivity contribution in [1.82, 2.24) is 5.16 Å². The normalized spacial score (nSPS) is 12.1. The summed E-state index contributed by atoms with van der Waals surface area (Å²) < 4.78 is 10.5. The van der Waals surface area contributed by atoms with Gasteiger partial charge in [0.25, 0.3) is 0 Å². The number of rotatable bonds is 5. The summed E-state index contributed by atoms with van der Waals surface area (Å²) in [4.78, 5) is 12.6. The third-order valence-corrected chi connectivity index (χ3v) is 3.91. The summed E-state index contributed by atoms with van der Waals surface area (Å²) in [5.41, 5.74) is 0.357. The molecule has 0 bridgehead atoms. The molecular weight excluding hydrogens is 304 g/mol. The van der Waals surface area contributed by atoms with Crippen molar-refractivity contribution < 1.29 is 14.1 Å². The lowest BCUT2D eigenvalue weighted by molar-refractivity contribution is -0.123. The Kier molecular flexibility index (Phi) is 5.02. The minimum atomic E-state index is -0.574. The molecule has 0 unspecified atom stereocenters. The Morgan fingerprint density at radius 2 is 1.79 bits per heavy atom. The largest absolute Gasteiger partial charge is 0.497 e. The van der Waals surface area contributed by atoms with Crippen LogP contribution in [0.3, 0.4) is 0 Å². The zero-order valence-electron chi connectivity index (χ0n) is 15.3. The molecule has 0 fully saturated rings. The van der Waals surface area contributed by atoms with Crippen LogP contribution in [0.4, 0.5) is 5.82 Å². The van der Waals surface area contributed by atoms with Crippen molar-refractivity contribution in [3.05, 3.63) is 41.7 Å². The van der Waals surface area contributed by atoms with Crippen LogP contribution in [-0.4, -0.2) is 18.2 Å². The van der Waals surface area contributed by atoms with Gasteiger partial charge in [0.2, 0.25) is 5.91 Å². The standard InChI is InChI=1S/C19H26N2O3/c1-18(2,3)15-11-16(21-24-15)20-17(22)19(4,5)12-13-7-9-14(23-6)10-8-13/h7-11H,12H2,1-6H3,(H,20,21,22). The molecule has 5 heteroatoms. The van der Waals surface area contributed by atoms with Crippen LogP contribution in [0.2, 0.25) is 0 Å². The lowest BCUT2D eigenvalue weighted by atomic mass is 9.84. The van der Waals surface area contributed by atoms with Crippen molar-refractivity contribution in [3.63, 3.8) is 0 Å². The molecule has 0 aliphatic rings. The molecule has 0 atom stereocenters. The van der Waals surface area contributed by atoms with E-state index in [0.29, 0.717) is 12.2 Å². The van der Waals surface area contributed by atoms with E-state index in [0.717, 1.165) is 17.1 Å². The average molecular weight is 330 g/mol. The second kappa shape index (κ2) is 6.67. The molecule has 1 heterocycles. The maximum atomic E-state index is 12.6. The number of amides is 1. The minimum Gasteiger partial charge on any atom is -0.497 e. The van der Waals surface area contributed by atoms with E-state index in [4.69, 9.17) is 9.26 Å². The first-order valence-electron chi connectivity index (χ1n) is 8.03. The van der Waals surface area contributed by atoms with Gasteiger partial charge in [0.15, 0.2) is 5.82 Å². The number of nitrogens with zero attached hydrogens (tertiary/aromatic N) is 1. The number of carbonyl (C=O) groups excluding carboxylic acids is 1. The lowest BCUT2D eigenvalue weighted by Crippen LogP contribution is -2.32. The maximum absolute atomic E-state index is 12.6. The Morgan fingerprint density at radius 3 is 2.29 bits per heavy atom. The third kappa shape index (κ3) is 4.37. The highest BCUT2D eigenvalue weighted by atomic mass is 16.5. The first-order chi connectivity index (χ1) is 11.1. The van der Waals surface area contributed by atoms with E-state index in [-0.39, 0.29) is 11.3 Å². The smallest absolute Gasteiger partial charge is 0.231 e. The number of aromatic nitrogens is 1. The van der Waals surface area contributed by atoms with Crippen LogP contribution < -0.4 is 10.1 Å². The molecule has 1 amide bonds. The number of ether oxygens (including phenoxy) is 1. The highest BCUT2D eigenvalue weighted by Crippen LogP contribution is 2.27. The number of carbonyl (C=O) groups is 1. The molecule has 0 saturated carbocycles. The first kappa shape index (κ1) is 18.0. The van der Waals surface area contributed by atoms with E-state index in [1.54, 1.807) is 13.2 Å². The quantitative estimate of drug-likeness (QED) is 0.893. The van der Waals surface area contributed by atoms with E-state index >= 15 is 0 Å². The van der Waals surface area contributed by atoms with E-state index in [1.165, 1.54) is 0 Å². The van der Waals surface area contributed by atoms with Crippen molar-refractivity contribution in [3.8, 4) is 5.75 Å². The zero-order valence-corrected chi connectivity index (χ0v) is 15.3. The predicted molar refractivity (Wildman–Crippen MR) is 94.3 cm³/mol. The number of hydrogen-bond acceptors (Lipinski definition) is 4. The first-order valence-corrected chi connectivity index (χ1v) is 8.03. The number of methoxy groups -OCH3 is 1. The molecule has 0 aliphatic carbocycles. The van der Waals surface area contributed by atoms with Crippen molar-refractivity contribution in [2.75, 3.05) is 12.4 Å². The van der Waals surface area contributed by atoms with Gasteiger partial charge in [-0.1, -0.05) is 51.9 Å². The summed E-state index contributed by atoms with van der Waals surface area (Å²) in [5.74, 6) is 1.91. The summed E-state index contributed by atoms with van der Waals surface area (Å²) >= 11 is 0. The lowest BCUT2D eigenvalue weighted by Gasteiger charge is -2.23. The van der Waals surface area contributed by atoms with E-state index in [1.807, 2.05) is 58.9 Å². The van der Waals surface area contributed by atoms with Crippen LogP contribution in [0.25, 0.3) is 0 Å². The molecule has 1 aromatic carbocycles. The van der Waals surface area contributed by atoms with Crippen LogP contribution in [0.1, 0.15) is 45.9 Å². The van der Waals surface area contributed by atoms with Gasteiger partial charge in [-0.2, -0.15) is 0 Å². The summed E-state index contributed by atoms with van der Waals surface area (Å²) in [5, 5.41) is 6.79. The molecule has 5 nitrogen and oxygen atoms in total. The molecule has 1 N–H and O–H groups in total. The Balaban J connectivity index is 2.05. The Hall–Kier alpha value is -2.30. The van der Waals surface area contributed by atoms with Gasteiger partial charge < -0.3 is 14.6 Å². The molecule has 24 heavy (non-hydrogen) atoms. The van der Waals surface area contributed by atoms with E-state index in [2.05, 4.69) is 10.5 Å². The van der Waals surface area contributed by atoms with Crippen LogP contribution in [0.15, 0.2) is 34.9 Å². The SMILES string of the molecule is COc1ccc(CC(C)(C)C(=O)Nc2cc(C(C)(C)C)on2)cc1. The Bertz CT molecular complexity index is 694. The summed E-state index contributed by atoms with van der Waals surface area (Å²) in [6.45, 7) is 9.93. The van der Waals surface area contributed by atoms with Crippen LogP contribution >= 0.6 is 0 Å². The van der Waals surface area contributed by atoms with Gasteiger partial charge in [-0.25, -0.2) is 0 Å². The maximum Gasteiger partial charge on any atom is 0.231 e. The van der Waals surface area contributed by atoms with Crippen LogP contribution in [0, 0.1) is 5.41 Å². The fraction of sp³-hybridized carbons (Fsp3) is 0.474. The van der Waals surface area contributed by atoms with E-state index < -0.39 is 5.41 Å². The molecule has 0 radical (unpaired) electrons. The fourth-order valence-electron chi connectivity index (χ4n) is 2.31. The van der Waals surface area contributed by atoms with Crippen molar-refractivity contribution in [2.24, 2.45) is 5.41 Å². The molecule has 0 saturated heterocycles. The van der Waals surface area contributed by atoms with Gasteiger partial charge in [0.05, 0.1) is 7.11 Å². The number of benzene rings is 1. The Labute approximate surface area is 143 Å². The molecule has 0 spiro atoms. The summed E-state index contributed by atoms with van der Waals surface area (Å²) in [6.07, 6.45) is 0.618. The number of anilines is 1. The predicted octanol–water partition coefficient (Wildman–Crippen LogP) is 4.19. The monoisotopic (exact) mass is 330 g/mol. The number of nitrogens with one attached hydrogen (secondary N) is 1. The molecule has 1 aromatic heterocycles. The molecule has 130 valence electrons. The van der Waals surface area contributed by atoms with Crippen LogP contribution in [-0.2, 0) is 16.6 Å². The van der Waals surface area contributed by atoms with Crippen molar-refractivity contribution in [1.29, 1.82) is 0 Å². The fourth-order valence-corrected chi connectivity index (χ4v) is 2.31. The zero-order chi connectivity index (χ0) is 18.0. The van der Waals surface area contributed by atoms with Crippen LogP contribution in [0.5, 0.6) is 5.75 Å². The topological polar surface area (TPSA) is 64.4 Å². The molecule has 2 rings (SSSR count). The Morgan fingerprint density at radius 1 is 1.17 bits per heavy atom. The molecule has 0 aliphatic heterocycles. The third-order valence-electron chi connectivity index (χ3n) is 3.91. The number of hydrogen-bond donors (Lipinski definition) is 1. The van der Waals surface area contributed by atoms with Gasteiger partial charge in [-0.3, -0.25) is 4.79 Å². The van der Waals surface area contributed by atoms with E-state index in [9.17, 15) is 4.79 Å². The minimum absolute atomic E-state index is 0.0907. The van der Waals surface area contributed by atoms with Gasteiger partial charge in [0.1, 0.15) is 11.5 Å². The average Bonchev–Trinajstić information content (AvgIpc) is 2.96.